The first kappa shape index (κ1) is 13.4. The smallest absolute Gasteiger partial charge is 0.0960 e. The van der Waals surface area contributed by atoms with E-state index in [1.54, 1.807) is 11.3 Å². The van der Waals surface area contributed by atoms with Crippen molar-refractivity contribution in [1.29, 1.82) is 0 Å². The van der Waals surface area contributed by atoms with Gasteiger partial charge in [-0.05, 0) is 42.7 Å². The van der Waals surface area contributed by atoms with E-state index in [-0.39, 0.29) is 0 Å². The molecule has 17 heavy (non-hydrogen) atoms. The average Bonchev–Trinajstić information content (AvgIpc) is 2.63. The van der Waals surface area contributed by atoms with Crippen LogP contribution >= 0.6 is 50.5 Å². The second-order valence-corrected chi connectivity index (χ2v) is 7.13. The van der Waals surface area contributed by atoms with Crippen LogP contribution in [0.3, 0.4) is 0 Å². The summed E-state index contributed by atoms with van der Waals surface area (Å²) in [6, 6.07) is 10.1. The third kappa shape index (κ3) is 3.47. The maximum absolute atomic E-state index is 6.08. The van der Waals surface area contributed by atoms with Gasteiger partial charge in [-0.3, -0.25) is 0 Å². The van der Waals surface area contributed by atoms with Gasteiger partial charge in [0.15, 0.2) is 0 Å². The second-order valence-electron chi connectivity index (χ2n) is 3.90. The Morgan fingerprint density at radius 3 is 2.41 bits per heavy atom. The first-order valence-corrected chi connectivity index (χ1v) is 7.69. The highest BCUT2D eigenvalue weighted by atomic mass is 79.9. The van der Waals surface area contributed by atoms with Gasteiger partial charge in [-0.2, -0.15) is 0 Å². The summed E-state index contributed by atoms with van der Waals surface area (Å²) in [6.07, 6.45) is 0.938. The molecule has 0 nitrogen and oxygen atoms in total. The van der Waals surface area contributed by atoms with E-state index in [0.29, 0.717) is 4.83 Å². The molecule has 0 aliphatic carbocycles. The van der Waals surface area contributed by atoms with Crippen LogP contribution in [0.5, 0.6) is 0 Å². The van der Waals surface area contributed by atoms with Gasteiger partial charge in [0.1, 0.15) is 0 Å². The molecule has 2 aromatic rings. The minimum absolute atomic E-state index is 0.305. The summed E-state index contributed by atoms with van der Waals surface area (Å²) in [5, 5.41) is 0.773. The molecule has 90 valence electrons. The van der Waals surface area contributed by atoms with Gasteiger partial charge < -0.3 is 0 Å². The second kappa shape index (κ2) is 5.75. The average molecular weight is 350 g/mol. The van der Waals surface area contributed by atoms with Crippen molar-refractivity contribution in [1.82, 2.24) is 0 Å². The lowest BCUT2D eigenvalue weighted by atomic mass is 10.1. The molecule has 1 aromatic carbocycles. The van der Waals surface area contributed by atoms with Gasteiger partial charge in [-0.15, -0.1) is 11.3 Å². The Morgan fingerprint density at radius 1 is 1.24 bits per heavy atom. The standard InChI is InChI=1S/C13H11BrCl2S/c1-8-6-12(17-13(8)16)11(14)7-9-2-4-10(15)5-3-9/h2-6,11H,7H2,1H3. The molecule has 1 atom stereocenters. The van der Waals surface area contributed by atoms with Crippen molar-refractivity contribution < 1.29 is 0 Å². The Balaban J connectivity index is 2.11. The number of aryl methyl sites for hydroxylation is 1. The highest BCUT2D eigenvalue weighted by Gasteiger charge is 2.13. The lowest BCUT2D eigenvalue weighted by Crippen LogP contribution is -1.92. The van der Waals surface area contributed by atoms with Crippen LogP contribution in [0, 0.1) is 6.92 Å². The van der Waals surface area contributed by atoms with Crippen molar-refractivity contribution >= 4 is 50.5 Å². The fourth-order valence-corrected chi connectivity index (χ4v) is 3.67. The predicted octanol–water partition coefficient (Wildman–Crippen LogP) is 6.04. The van der Waals surface area contributed by atoms with Crippen molar-refractivity contribution in [3.8, 4) is 0 Å². The van der Waals surface area contributed by atoms with Gasteiger partial charge in [-0.1, -0.05) is 51.3 Å². The van der Waals surface area contributed by atoms with Crippen LogP contribution in [-0.4, -0.2) is 0 Å². The van der Waals surface area contributed by atoms with Crippen LogP contribution in [0.15, 0.2) is 30.3 Å². The molecule has 0 N–H and O–H groups in total. The Hall–Kier alpha value is -0.0200. The summed E-state index contributed by atoms with van der Waals surface area (Å²) in [5.41, 5.74) is 2.41. The Kier molecular flexibility index (Phi) is 4.53. The van der Waals surface area contributed by atoms with Gasteiger partial charge in [-0.25, -0.2) is 0 Å². The first-order chi connectivity index (χ1) is 8.06. The number of hydrogen-bond acceptors (Lipinski definition) is 1. The van der Waals surface area contributed by atoms with Gasteiger partial charge in [0.2, 0.25) is 0 Å². The van der Waals surface area contributed by atoms with Crippen molar-refractivity contribution in [3.63, 3.8) is 0 Å². The van der Waals surface area contributed by atoms with Gasteiger partial charge >= 0.3 is 0 Å². The zero-order valence-electron chi connectivity index (χ0n) is 9.21. The summed E-state index contributed by atoms with van der Waals surface area (Å²) in [6.45, 7) is 2.03. The Morgan fingerprint density at radius 2 is 1.88 bits per heavy atom. The Bertz CT molecular complexity index is 485. The van der Waals surface area contributed by atoms with E-state index in [1.807, 2.05) is 19.1 Å². The highest BCUT2D eigenvalue weighted by molar-refractivity contribution is 9.09. The molecular formula is C13H11BrCl2S. The molecule has 0 radical (unpaired) electrons. The predicted molar refractivity (Wildman–Crippen MR) is 80.9 cm³/mol. The summed E-state index contributed by atoms with van der Waals surface area (Å²) < 4.78 is 0.876. The fraction of sp³-hybridized carbons (Fsp3) is 0.231. The highest BCUT2D eigenvalue weighted by Crippen LogP contribution is 2.36. The summed E-state index contributed by atoms with van der Waals surface area (Å²) in [4.78, 5) is 1.57. The minimum Gasteiger partial charge on any atom is -0.127 e. The third-order valence-corrected chi connectivity index (χ3v) is 5.55. The molecule has 1 heterocycles. The molecule has 0 amide bonds. The minimum atomic E-state index is 0.305. The topological polar surface area (TPSA) is 0 Å². The molecule has 4 heteroatoms. The number of halogens is 3. The molecule has 0 aliphatic heterocycles. The monoisotopic (exact) mass is 348 g/mol. The van der Waals surface area contributed by atoms with Gasteiger partial charge in [0, 0.05) is 9.90 Å². The fourth-order valence-electron chi connectivity index (χ4n) is 1.57. The van der Waals surface area contributed by atoms with Crippen LogP contribution < -0.4 is 0 Å². The van der Waals surface area contributed by atoms with Crippen molar-refractivity contribution in [2.45, 2.75) is 18.2 Å². The van der Waals surface area contributed by atoms with Gasteiger partial charge in [0.05, 0.1) is 9.16 Å². The molecule has 2 rings (SSSR count). The zero-order valence-corrected chi connectivity index (χ0v) is 13.1. The number of hydrogen-bond donors (Lipinski definition) is 0. The third-order valence-electron chi connectivity index (χ3n) is 2.51. The number of thiophene rings is 1. The normalized spacial score (nSPS) is 12.7. The van der Waals surface area contributed by atoms with E-state index >= 15 is 0 Å². The SMILES string of the molecule is Cc1cc(C(Br)Cc2ccc(Cl)cc2)sc1Cl. The van der Waals surface area contributed by atoms with E-state index in [9.17, 15) is 0 Å². The molecule has 1 aromatic heterocycles. The number of alkyl halides is 1. The van der Waals surface area contributed by atoms with E-state index in [4.69, 9.17) is 23.2 Å². The molecule has 0 bridgehead atoms. The van der Waals surface area contributed by atoms with Crippen LogP contribution in [0.4, 0.5) is 0 Å². The summed E-state index contributed by atoms with van der Waals surface area (Å²) in [5.74, 6) is 0. The molecule has 0 aliphatic rings. The molecule has 0 saturated heterocycles. The lowest BCUT2D eigenvalue weighted by molar-refractivity contribution is 0.969. The van der Waals surface area contributed by atoms with Crippen molar-refractivity contribution in [3.05, 3.63) is 55.7 Å². The summed E-state index contributed by atoms with van der Waals surface area (Å²) >= 11 is 17.3. The van der Waals surface area contributed by atoms with E-state index in [0.717, 1.165) is 21.3 Å². The van der Waals surface area contributed by atoms with Crippen molar-refractivity contribution in [2.75, 3.05) is 0 Å². The van der Waals surface area contributed by atoms with Crippen molar-refractivity contribution in [2.24, 2.45) is 0 Å². The first-order valence-electron chi connectivity index (χ1n) is 5.20. The lowest BCUT2D eigenvalue weighted by Gasteiger charge is -2.07. The largest absolute Gasteiger partial charge is 0.127 e. The van der Waals surface area contributed by atoms with Crippen LogP contribution in [0.25, 0.3) is 0 Å². The zero-order chi connectivity index (χ0) is 12.4. The Labute approximate surface area is 124 Å². The van der Waals surface area contributed by atoms with Crippen LogP contribution in [-0.2, 0) is 6.42 Å². The number of benzene rings is 1. The van der Waals surface area contributed by atoms with E-state index in [2.05, 4.69) is 34.1 Å². The maximum atomic E-state index is 6.08. The van der Waals surface area contributed by atoms with E-state index < -0.39 is 0 Å². The van der Waals surface area contributed by atoms with Gasteiger partial charge in [0.25, 0.3) is 0 Å². The molecule has 0 spiro atoms. The molecule has 1 unspecified atom stereocenters. The molecular weight excluding hydrogens is 339 g/mol. The number of rotatable bonds is 3. The maximum Gasteiger partial charge on any atom is 0.0960 e. The quantitative estimate of drug-likeness (QED) is 0.592. The molecule has 0 fully saturated rings. The van der Waals surface area contributed by atoms with Crippen LogP contribution in [0.1, 0.15) is 20.8 Å². The van der Waals surface area contributed by atoms with E-state index in [1.165, 1.54) is 10.4 Å². The van der Waals surface area contributed by atoms with Crippen LogP contribution in [0.2, 0.25) is 9.36 Å². The summed E-state index contributed by atoms with van der Waals surface area (Å²) in [7, 11) is 0. The molecule has 0 saturated carbocycles.